The number of aryl methyl sites for hydroxylation is 1. The molecule has 80 valence electrons. The molecule has 5 heteroatoms. The van der Waals surface area contributed by atoms with Crippen molar-refractivity contribution in [2.24, 2.45) is 0 Å². The molecule has 0 bridgehead atoms. The number of aromatic nitrogens is 1. The van der Waals surface area contributed by atoms with Crippen molar-refractivity contribution in [3.8, 4) is 9.88 Å². The van der Waals surface area contributed by atoms with E-state index in [2.05, 4.69) is 10.3 Å². The molecule has 15 heavy (non-hydrogen) atoms. The zero-order valence-corrected chi connectivity index (χ0v) is 10.9. The topological polar surface area (TPSA) is 24.9 Å². The van der Waals surface area contributed by atoms with Gasteiger partial charge in [0, 0.05) is 11.4 Å². The molecule has 0 saturated heterocycles. The molecule has 0 fully saturated rings. The number of halogens is 1. The Morgan fingerprint density at radius 3 is 2.80 bits per heavy atom. The van der Waals surface area contributed by atoms with E-state index in [0.29, 0.717) is 0 Å². The molecule has 0 aromatic carbocycles. The summed E-state index contributed by atoms with van der Waals surface area (Å²) in [6.45, 7) is 2.92. The Balaban J connectivity index is 2.33. The van der Waals surface area contributed by atoms with E-state index < -0.39 is 0 Å². The van der Waals surface area contributed by atoms with Gasteiger partial charge in [0.15, 0.2) is 0 Å². The number of nitrogens with zero attached hydrogens (tertiary/aromatic N) is 1. The summed E-state index contributed by atoms with van der Waals surface area (Å²) in [6, 6.07) is 3.93. The van der Waals surface area contributed by atoms with Crippen LogP contribution in [0.5, 0.6) is 0 Å². The molecule has 2 rings (SSSR count). The third kappa shape index (κ3) is 2.39. The van der Waals surface area contributed by atoms with E-state index in [1.807, 2.05) is 26.1 Å². The highest BCUT2D eigenvalue weighted by atomic mass is 35.5. The van der Waals surface area contributed by atoms with Crippen LogP contribution in [0.4, 0.5) is 0 Å². The van der Waals surface area contributed by atoms with Crippen LogP contribution in [0.15, 0.2) is 12.1 Å². The fourth-order valence-corrected chi connectivity index (χ4v) is 3.46. The first-order chi connectivity index (χ1) is 7.20. The average Bonchev–Trinajstić information content (AvgIpc) is 2.75. The van der Waals surface area contributed by atoms with Gasteiger partial charge < -0.3 is 5.32 Å². The summed E-state index contributed by atoms with van der Waals surface area (Å²) in [6.07, 6.45) is 0. The SMILES string of the molecule is CNCc1sc(-c2ccc(Cl)s2)nc1C. The van der Waals surface area contributed by atoms with E-state index in [9.17, 15) is 0 Å². The predicted octanol–water partition coefficient (Wildman–Crippen LogP) is 3.55. The summed E-state index contributed by atoms with van der Waals surface area (Å²) in [5.41, 5.74) is 1.11. The molecule has 2 heterocycles. The van der Waals surface area contributed by atoms with Gasteiger partial charge in [-0.05, 0) is 26.1 Å². The summed E-state index contributed by atoms with van der Waals surface area (Å²) >= 11 is 9.20. The predicted molar refractivity (Wildman–Crippen MR) is 67.9 cm³/mol. The van der Waals surface area contributed by atoms with Crippen molar-refractivity contribution < 1.29 is 0 Å². The molecule has 0 atom stereocenters. The molecular formula is C10H11ClN2S2. The maximum Gasteiger partial charge on any atom is 0.133 e. The number of thiazole rings is 1. The molecule has 0 unspecified atom stereocenters. The molecule has 0 aliphatic heterocycles. The lowest BCUT2D eigenvalue weighted by Crippen LogP contribution is -2.04. The normalized spacial score (nSPS) is 10.9. The van der Waals surface area contributed by atoms with Crippen LogP contribution in [0.25, 0.3) is 9.88 Å². The Morgan fingerprint density at radius 2 is 2.20 bits per heavy atom. The third-order valence-corrected chi connectivity index (χ3v) is 4.57. The van der Waals surface area contributed by atoms with E-state index in [1.165, 1.54) is 4.88 Å². The molecule has 0 amide bonds. The smallest absolute Gasteiger partial charge is 0.133 e. The van der Waals surface area contributed by atoms with Crippen LogP contribution in [-0.4, -0.2) is 12.0 Å². The van der Waals surface area contributed by atoms with Crippen LogP contribution in [0.2, 0.25) is 4.34 Å². The fraction of sp³-hybridized carbons (Fsp3) is 0.300. The first-order valence-corrected chi connectivity index (χ1v) is 6.58. The molecule has 2 nitrogen and oxygen atoms in total. The monoisotopic (exact) mass is 258 g/mol. The zero-order valence-electron chi connectivity index (χ0n) is 8.50. The zero-order chi connectivity index (χ0) is 10.8. The van der Waals surface area contributed by atoms with Gasteiger partial charge in [0.1, 0.15) is 5.01 Å². The van der Waals surface area contributed by atoms with Crippen LogP contribution in [0.3, 0.4) is 0 Å². The number of hydrogen-bond donors (Lipinski definition) is 1. The van der Waals surface area contributed by atoms with Gasteiger partial charge >= 0.3 is 0 Å². The largest absolute Gasteiger partial charge is 0.315 e. The molecule has 0 aliphatic carbocycles. The van der Waals surface area contributed by atoms with Crippen LogP contribution in [0.1, 0.15) is 10.6 Å². The molecule has 2 aromatic rings. The third-order valence-electron chi connectivity index (χ3n) is 2.01. The number of hydrogen-bond acceptors (Lipinski definition) is 4. The summed E-state index contributed by atoms with van der Waals surface area (Å²) in [4.78, 5) is 6.98. The number of rotatable bonds is 3. The Labute approximate surface area is 102 Å². The van der Waals surface area contributed by atoms with Crippen LogP contribution in [0, 0.1) is 6.92 Å². The Kier molecular flexibility index (Phi) is 3.41. The first-order valence-electron chi connectivity index (χ1n) is 4.57. The van der Waals surface area contributed by atoms with E-state index in [-0.39, 0.29) is 0 Å². The Morgan fingerprint density at radius 1 is 1.40 bits per heavy atom. The molecular weight excluding hydrogens is 248 g/mol. The molecule has 0 spiro atoms. The van der Waals surface area contributed by atoms with Crippen molar-refractivity contribution in [3.05, 3.63) is 27.0 Å². The van der Waals surface area contributed by atoms with E-state index >= 15 is 0 Å². The lowest BCUT2D eigenvalue weighted by molar-refractivity contribution is 0.823. The summed E-state index contributed by atoms with van der Waals surface area (Å²) in [7, 11) is 1.95. The summed E-state index contributed by atoms with van der Waals surface area (Å²) in [5.74, 6) is 0. The van der Waals surface area contributed by atoms with Crippen molar-refractivity contribution in [2.45, 2.75) is 13.5 Å². The van der Waals surface area contributed by atoms with Gasteiger partial charge in [0.25, 0.3) is 0 Å². The Bertz CT molecular complexity index is 462. The number of nitrogens with one attached hydrogen (secondary N) is 1. The molecule has 0 aliphatic rings. The van der Waals surface area contributed by atoms with E-state index in [4.69, 9.17) is 11.6 Å². The highest BCUT2D eigenvalue weighted by Crippen LogP contribution is 2.34. The van der Waals surface area contributed by atoms with Gasteiger partial charge in [-0.15, -0.1) is 22.7 Å². The second-order valence-corrected chi connectivity index (χ2v) is 5.96. The minimum atomic E-state index is 0.813. The summed E-state index contributed by atoms with van der Waals surface area (Å²) in [5, 5.41) is 4.21. The van der Waals surface area contributed by atoms with Gasteiger partial charge in [-0.2, -0.15) is 0 Å². The van der Waals surface area contributed by atoms with E-state index in [0.717, 1.165) is 26.5 Å². The minimum absolute atomic E-state index is 0.813. The average molecular weight is 259 g/mol. The molecule has 0 radical (unpaired) electrons. The lowest BCUT2D eigenvalue weighted by Gasteiger charge is -1.93. The van der Waals surface area contributed by atoms with Crippen molar-refractivity contribution in [1.82, 2.24) is 10.3 Å². The lowest BCUT2D eigenvalue weighted by atomic mass is 10.4. The first kappa shape index (κ1) is 11.1. The quantitative estimate of drug-likeness (QED) is 0.911. The second kappa shape index (κ2) is 4.61. The van der Waals surface area contributed by atoms with Crippen molar-refractivity contribution in [2.75, 3.05) is 7.05 Å². The van der Waals surface area contributed by atoms with Gasteiger partial charge in [-0.3, -0.25) is 0 Å². The van der Waals surface area contributed by atoms with Gasteiger partial charge in [-0.1, -0.05) is 11.6 Å². The van der Waals surface area contributed by atoms with Crippen LogP contribution < -0.4 is 5.32 Å². The van der Waals surface area contributed by atoms with Gasteiger partial charge in [0.2, 0.25) is 0 Å². The molecule has 1 N–H and O–H groups in total. The number of thiophene rings is 1. The van der Waals surface area contributed by atoms with Gasteiger partial charge in [-0.25, -0.2) is 4.98 Å². The van der Waals surface area contributed by atoms with Crippen molar-refractivity contribution >= 4 is 34.3 Å². The van der Waals surface area contributed by atoms with Crippen molar-refractivity contribution in [1.29, 1.82) is 0 Å². The minimum Gasteiger partial charge on any atom is -0.315 e. The van der Waals surface area contributed by atoms with Crippen LogP contribution >= 0.6 is 34.3 Å². The molecule has 2 aromatic heterocycles. The van der Waals surface area contributed by atoms with Crippen molar-refractivity contribution in [3.63, 3.8) is 0 Å². The molecule has 0 saturated carbocycles. The maximum atomic E-state index is 5.90. The standard InChI is InChI=1S/C10H11ClN2S2/c1-6-8(5-12-2)15-10(13-6)7-3-4-9(11)14-7/h3-4,12H,5H2,1-2H3. The van der Waals surface area contributed by atoms with E-state index in [1.54, 1.807) is 22.7 Å². The van der Waals surface area contributed by atoms with Gasteiger partial charge in [0.05, 0.1) is 14.9 Å². The Hall–Kier alpha value is -0.420. The van der Waals surface area contributed by atoms with Crippen LogP contribution in [-0.2, 0) is 6.54 Å². The second-order valence-electron chi connectivity index (χ2n) is 3.16. The highest BCUT2D eigenvalue weighted by Gasteiger charge is 2.10. The summed E-state index contributed by atoms with van der Waals surface area (Å²) < 4.78 is 0.813. The highest BCUT2D eigenvalue weighted by molar-refractivity contribution is 7.23. The fourth-order valence-electron chi connectivity index (χ4n) is 1.29. The maximum absolute atomic E-state index is 5.90.